The predicted molar refractivity (Wildman–Crippen MR) is 75.9 cm³/mol. The lowest BCUT2D eigenvalue weighted by atomic mass is 10.3. The van der Waals surface area contributed by atoms with E-state index >= 15 is 0 Å². The van der Waals surface area contributed by atoms with E-state index in [4.69, 9.17) is 16.7 Å². The molecule has 0 unspecified atom stereocenters. The van der Waals surface area contributed by atoms with Gasteiger partial charge in [-0.1, -0.05) is 0 Å². The Kier molecular flexibility index (Phi) is 3.71. The number of aromatic amines is 1. The average Bonchev–Trinajstić information content (AvgIpc) is 2.96. The van der Waals surface area contributed by atoms with Crippen LogP contribution in [0.1, 0.15) is 5.69 Å². The Labute approximate surface area is 124 Å². The van der Waals surface area contributed by atoms with Crippen molar-refractivity contribution in [3.05, 3.63) is 41.7 Å². The summed E-state index contributed by atoms with van der Waals surface area (Å²) < 4.78 is 0. The van der Waals surface area contributed by atoms with Crippen LogP contribution in [0.4, 0.5) is 11.6 Å². The predicted octanol–water partition coefficient (Wildman–Crippen LogP) is 1.55. The van der Waals surface area contributed by atoms with Gasteiger partial charge in [-0.15, -0.1) is 0 Å². The third-order valence-corrected chi connectivity index (χ3v) is 2.79. The second-order valence-electron chi connectivity index (χ2n) is 4.05. The molecule has 0 bridgehead atoms. The topological polar surface area (TPSA) is 113 Å². The van der Waals surface area contributed by atoms with Crippen LogP contribution in [0.2, 0.25) is 5.28 Å². The molecule has 0 amide bonds. The maximum Gasteiger partial charge on any atom is 0.224 e. The highest BCUT2D eigenvalue weighted by Gasteiger charge is 2.07. The first kappa shape index (κ1) is 13.4. The summed E-state index contributed by atoms with van der Waals surface area (Å²) in [4.78, 5) is 16.1. The molecule has 3 N–H and O–H groups in total. The van der Waals surface area contributed by atoms with E-state index in [0.717, 1.165) is 0 Å². The van der Waals surface area contributed by atoms with Crippen LogP contribution in [0.5, 0.6) is 0 Å². The van der Waals surface area contributed by atoms with Crippen molar-refractivity contribution in [2.45, 2.75) is 6.61 Å². The fraction of sp³-hybridized carbons (Fsp3) is 0.0833. The first-order valence-corrected chi connectivity index (χ1v) is 6.35. The van der Waals surface area contributed by atoms with Crippen LogP contribution >= 0.6 is 11.6 Å². The smallest absolute Gasteiger partial charge is 0.224 e. The fourth-order valence-electron chi connectivity index (χ4n) is 1.63. The molecule has 9 heteroatoms. The van der Waals surface area contributed by atoms with Crippen LogP contribution in [0.3, 0.4) is 0 Å². The number of halogens is 1. The van der Waals surface area contributed by atoms with Gasteiger partial charge in [-0.2, -0.15) is 5.10 Å². The molecule has 0 aliphatic rings. The summed E-state index contributed by atoms with van der Waals surface area (Å²) in [7, 11) is 0. The maximum absolute atomic E-state index is 8.93. The second kappa shape index (κ2) is 5.81. The van der Waals surface area contributed by atoms with Crippen LogP contribution in [0.15, 0.2) is 30.7 Å². The maximum atomic E-state index is 8.93. The van der Waals surface area contributed by atoms with Gasteiger partial charge in [0.05, 0.1) is 30.4 Å². The molecule has 0 radical (unpaired) electrons. The third kappa shape index (κ3) is 3.12. The van der Waals surface area contributed by atoms with E-state index < -0.39 is 0 Å². The number of hydrogen-bond acceptors (Lipinski definition) is 7. The molecule has 106 valence electrons. The summed E-state index contributed by atoms with van der Waals surface area (Å²) in [6.45, 7) is -0.141. The zero-order valence-electron chi connectivity index (χ0n) is 10.7. The van der Waals surface area contributed by atoms with Crippen molar-refractivity contribution >= 4 is 23.2 Å². The minimum atomic E-state index is -0.141. The van der Waals surface area contributed by atoms with Crippen LogP contribution in [0.25, 0.3) is 11.4 Å². The lowest BCUT2D eigenvalue weighted by Gasteiger charge is -2.00. The second-order valence-corrected chi connectivity index (χ2v) is 4.39. The first-order chi connectivity index (χ1) is 10.2. The van der Waals surface area contributed by atoms with Crippen LogP contribution in [-0.2, 0) is 6.61 Å². The van der Waals surface area contributed by atoms with Crippen molar-refractivity contribution in [3.63, 3.8) is 0 Å². The number of anilines is 2. The van der Waals surface area contributed by atoms with Gasteiger partial charge in [-0.25, -0.2) is 9.97 Å². The SMILES string of the molecule is OCc1cnc(-c2cc(Nc3ccnc(Cl)n3)n[nH]2)cn1. The molecule has 8 nitrogen and oxygen atoms in total. The standard InChI is InChI=1S/C12H10ClN7O/c13-12-14-2-1-10(18-12)17-11-3-8(19-20-11)9-5-15-7(6-21)4-16-9/h1-5,21H,6H2,(H2,14,17,18,19,20). The Morgan fingerprint density at radius 1 is 1.19 bits per heavy atom. The molecule has 3 aromatic heterocycles. The Hall–Kier alpha value is -2.58. The molecule has 0 aromatic carbocycles. The Morgan fingerprint density at radius 2 is 2.10 bits per heavy atom. The van der Waals surface area contributed by atoms with Gasteiger partial charge in [0.2, 0.25) is 5.28 Å². The van der Waals surface area contributed by atoms with E-state index in [-0.39, 0.29) is 11.9 Å². The molecule has 0 spiro atoms. The highest BCUT2D eigenvalue weighted by molar-refractivity contribution is 6.28. The molecule has 0 aliphatic carbocycles. The van der Waals surface area contributed by atoms with Crippen LogP contribution < -0.4 is 5.32 Å². The number of aliphatic hydroxyl groups excluding tert-OH is 1. The molecule has 0 saturated carbocycles. The van der Waals surface area contributed by atoms with Gasteiger partial charge in [-0.3, -0.25) is 15.1 Å². The average molecular weight is 304 g/mol. The minimum Gasteiger partial charge on any atom is -0.390 e. The van der Waals surface area contributed by atoms with Gasteiger partial charge < -0.3 is 10.4 Å². The molecule has 0 saturated heterocycles. The van der Waals surface area contributed by atoms with Crippen molar-refractivity contribution in [1.29, 1.82) is 0 Å². The number of H-pyrrole nitrogens is 1. The van der Waals surface area contributed by atoms with E-state index in [0.29, 0.717) is 28.7 Å². The third-order valence-electron chi connectivity index (χ3n) is 2.60. The van der Waals surface area contributed by atoms with E-state index in [1.54, 1.807) is 24.5 Å². The lowest BCUT2D eigenvalue weighted by Crippen LogP contribution is -1.94. The van der Waals surface area contributed by atoms with Gasteiger partial charge in [0.1, 0.15) is 11.5 Å². The van der Waals surface area contributed by atoms with E-state index in [1.807, 2.05) is 0 Å². The molecular formula is C12H10ClN7O. The van der Waals surface area contributed by atoms with Crippen molar-refractivity contribution in [2.24, 2.45) is 0 Å². The highest BCUT2D eigenvalue weighted by Crippen LogP contribution is 2.19. The molecule has 0 aliphatic heterocycles. The molecule has 21 heavy (non-hydrogen) atoms. The Balaban J connectivity index is 1.79. The normalized spacial score (nSPS) is 10.6. The number of aromatic nitrogens is 6. The van der Waals surface area contributed by atoms with Crippen molar-refractivity contribution < 1.29 is 5.11 Å². The van der Waals surface area contributed by atoms with E-state index in [9.17, 15) is 0 Å². The summed E-state index contributed by atoms with van der Waals surface area (Å²) in [6, 6.07) is 3.44. The molecular weight excluding hydrogens is 294 g/mol. The van der Waals surface area contributed by atoms with E-state index in [2.05, 4.69) is 35.5 Å². The Morgan fingerprint density at radius 3 is 2.81 bits per heavy atom. The van der Waals surface area contributed by atoms with Gasteiger partial charge in [0.15, 0.2) is 5.82 Å². The number of aliphatic hydroxyl groups is 1. The molecule has 0 atom stereocenters. The summed E-state index contributed by atoms with van der Waals surface area (Å²) in [5, 5.41) is 19.0. The summed E-state index contributed by atoms with van der Waals surface area (Å²) in [6.07, 6.45) is 4.61. The first-order valence-electron chi connectivity index (χ1n) is 5.98. The quantitative estimate of drug-likeness (QED) is 0.627. The molecule has 0 fully saturated rings. The van der Waals surface area contributed by atoms with Crippen molar-refractivity contribution in [3.8, 4) is 11.4 Å². The number of nitrogens with one attached hydrogen (secondary N) is 2. The number of rotatable bonds is 4. The van der Waals surface area contributed by atoms with Crippen molar-refractivity contribution in [2.75, 3.05) is 5.32 Å². The van der Waals surface area contributed by atoms with Crippen molar-refractivity contribution in [1.82, 2.24) is 30.1 Å². The molecule has 3 aromatic rings. The highest BCUT2D eigenvalue weighted by atomic mass is 35.5. The monoisotopic (exact) mass is 303 g/mol. The van der Waals surface area contributed by atoms with Crippen LogP contribution in [-0.4, -0.2) is 35.2 Å². The lowest BCUT2D eigenvalue weighted by molar-refractivity contribution is 0.276. The number of nitrogens with zero attached hydrogens (tertiary/aromatic N) is 5. The van der Waals surface area contributed by atoms with Gasteiger partial charge >= 0.3 is 0 Å². The summed E-state index contributed by atoms with van der Waals surface area (Å²) >= 11 is 5.71. The minimum absolute atomic E-state index is 0.141. The largest absolute Gasteiger partial charge is 0.390 e. The van der Waals surface area contributed by atoms with Gasteiger partial charge in [0, 0.05) is 12.3 Å². The summed E-state index contributed by atoms with van der Waals surface area (Å²) in [5.41, 5.74) is 1.82. The fourth-order valence-corrected chi connectivity index (χ4v) is 1.78. The molecule has 3 rings (SSSR count). The zero-order chi connectivity index (χ0) is 14.7. The van der Waals surface area contributed by atoms with Gasteiger partial charge in [0.25, 0.3) is 0 Å². The summed E-state index contributed by atoms with van der Waals surface area (Å²) in [5.74, 6) is 1.10. The zero-order valence-corrected chi connectivity index (χ0v) is 11.4. The van der Waals surface area contributed by atoms with Gasteiger partial charge in [-0.05, 0) is 17.7 Å². The Bertz CT molecular complexity index is 743. The number of hydrogen-bond donors (Lipinski definition) is 3. The van der Waals surface area contributed by atoms with Crippen LogP contribution in [0, 0.1) is 0 Å². The molecule has 3 heterocycles. The van der Waals surface area contributed by atoms with E-state index in [1.165, 1.54) is 6.20 Å².